The van der Waals surface area contributed by atoms with Gasteiger partial charge in [0, 0.05) is 23.4 Å². The van der Waals surface area contributed by atoms with Crippen LogP contribution in [0.15, 0.2) is 47.4 Å². The predicted molar refractivity (Wildman–Crippen MR) is 120 cm³/mol. The van der Waals surface area contributed by atoms with Gasteiger partial charge in [0.05, 0.1) is 22.1 Å². The van der Waals surface area contributed by atoms with E-state index in [2.05, 4.69) is 10.3 Å². The maximum absolute atomic E-state index is 14.2. The molecule has 1 heterocycles. The lowest BCUT2D eigenvalue weighted by molar-refractivity contribution is -0.116. The fourth-order valence-electron chi connectivity index (χ4n) is 2.59. The predicted octanol–water partition coefficient (Wildman–Crippen LogP) is 5.96. The van der Waals surface area contributed by atoms with Crippen LogP contribution in [-0.2, 0) is 9.59 Å². The van der Waals surface area contributed by atoms with Crippen molar-refractivity contribution in [3.8, 4) is 6.07 Å². The van der Waals surface area contributed by atoms with Crippen LogP contribution < -0.4 is 10.2 Å². The number of nitrogens with one attached hydrogen (secondary N) is 1. The minimum Gasteiger partial charge on any atom is -0.320 e. The highest BCUT2D eigenvalue weighted by Gasteiger charge is 2.22. The smallest absolute Gasteiger partial charge is 0.266 e. The summed E-state index contributed by atoms with van der Waals surface area (Å²) < 4.78 is 27.4. The lowest BCUT2D eigenvalue weighted by Gasteiger charge is -2.18. The molecule has 1 aromatic heterocycles. The summed E-state index contributed by atoms with van der Waals surface area (Å²) >= 11 is 12.8. The average Bonchev–Trinajstić information content (AvgIpc) is 3.17. The third-order valence-corrected chi connectivity index (χ3v) is 5.40. The number of carbonyl (C=O) groups is 2. The molecule has 2 aromatic carbocycles. The van der Waals surface area contributed by atoms with Gasteiger partial charge in [0.15, 0.2) is 5.13 Å². The molecule has 3 rings (SSSR count). The molecule has 0 spiro atoms. The van der Waals surface area contributed by atoms with Crippen molar-refractivity contribution in [2.45, 2.75) is 6.92 Å². The molecule has 0 aliphatic rings. The van der Waals surface area contributed by atoms with Gasteiger partial charge in [-0.05, 0) is 36.4 Å². The number of halogens is 4. The van der Waals surface area contributed by atoms with E-state index in [1.807, 2.05) is 0 Å². The van der Waals surface area contributed by atoms with Crippen molar-refractivity contribution in [3.63, 3.8) is 0 Å². The van der Waals surface area contributed by atoms with Crippen molar-refractivity contribution < 1.29 is 18.4 Å². The van der Waals surface area contributed by atoms with Crippen molar-refractivity contribution in [2.24, 2.45) is 0 Å². The molecule has 6 nitrogen and oxygen atoms in total. The molecule has 0 aliphatic heterocycles. The van der Waals surface area contributed by atoms with Crippen molar-refractivity contribution in [1.82, 2.24) is 4.98 Å². The summed E-state index contributed by atoms with van der Waals surface area (Å²) in [6.07, 6.45) is 1.21. The van der Waals surface area contributed by atoms with E-state index in [-0.39, 0.29) is 32.8 Å². The highest BCUT2D eigenvalue weighted by molar-refractivity contribution is 7.14. The first kappa shape index (κ1) is 23.3. The zero-order chi connectivity index (χ0) is 23.4. The van der Waals surface area contributed by atoms with E-state index in [1.54, 1.807) is 6.07 Å². The molecule has 0 atom stereocenters. The summed E-state index contributed by atoms with van der Waals surface area (Å²) in [5, 5.41) is 14.0. The van der Waals surface area contributed by atoms with Crippen LogP contribution in [0.2, 0.25) is 10.0 Å². The van der Waals surface area contributed by atoms with Gasteiger partial charge in [0.2, 0.25) is 5.91 Å². The zero-order valence-electron chi connectivity index (χ0n) is 16.2. The van der Waals surface area contributed by atoms with Gasteiger partial charge < -0.3 is 5.32 Å². The van der Waals surface area contributed by atoms with Crippen molar-refractivity contribution in [3.05, 3.63) is 74.7 Å². The van der Waals surface area contributed by atoms with Crippen molar-refractivity contribution in [1.29, 1.82) is 5.26 Å². The highest BCUT2D eigenvalue weighted by Crippen LogP contribution is 2.32. The second-order valence-corrected chi connectivity index (χ2v) is 7.93. The summed E-state index contributed by atoms with van der Waals surface area (Å²) in [4.78, 5) is 29.7. The number of benzene rings is 2. The van der Waals surface area contributed by atoms with Gasteiger partial charge in [-0.2, -0.15) is 5.26 Å². The molecule has 0 saturated carbocycles. The van der Waals surface area contributed by atoms with Crippen LogP contribution in [-0.4, -0.2) is 16.8 Å². The molecule has 162 valence electrons. The van der Waals surface area contributed by atoms with E-state index in [4.69, 9.17) is 23.2 Å². The van der Waals surface area contributed by atoms with Crippen LogP contribution in [0.5, 0.6) is 0 Å². The third kappa shape index (κ3) is 5.29. The number of nitrogens with zero attached hydrogens (tertiary/aromatic N) is 3. The fourth-order valence-corrected chi connectivity index (χ4v) is 3.89. The first-order valence-corrected chi connectivity index (χ1v) is 10.4. The van der Waals surface area contributed by atoms with Crippen LogP contribution in [0.25, 0.3) is 6.08 Å². The Morgan fingerprint density at radius 3 is 2.59 bits per heavy atom. The van der Waals surface area contributed by atoms with Crippen molar-refractivity contribution >= 4 is 68.9 Å². The number of amides is 2. The van der Waals surface area contributed by atoms with E-state index in [0.717, 1.165) is 28.4 Å². The first-order chi connectivity index (χ1) is 15.2. The van der Waals surface area contributed by atoms with E-state index >= 15 is 0 Å². The largest absolute Gasteiger partial charge is 0.320 e. The molecule has 0 aliphatic carbocycles. The minimum atomic E-state index is -0.940. The van der Waals surface area contributed by atoms with Crippen LogP contribution in [0.4, 0.5) is 25.3 Å². The van der Waals surface area contributed by atoms with Gasteiger partial charge in [-0.15, -0.1) is 11.3 Å². The van der Waals surface area contributed by atoms with E-state index < -0.39 is 23.4 Å². The van der Waals surface area contributed by atoms with Gasteiger partial charge in [-0.25, -0.2) is 13.8 Å². The van der Waals surface area contributed by atoms with Crippen LogP contribution in [0.3, 0.4) is 0 Å². The van der Waals surface area contributed by atoms with Crippen LogP contribution >= 0.6 is 34.5 Å². The number of rotatable bonds is 5. The Hall–Kier alpha value is -3.32. The number of aromatic nitrogens is 1. The molecule has 2 amide bonds. The summed E-state index contributed by atoms with van der Waals surface area (Å²) in [5.41, 5.74) is -0.0157. The van der Waals surface area contributed by atoms with E-state index in [1.165, 1.54) is 36.6 Å². The van der Waals surface area contributed by atoms with Gasteiger partial charge in [0.1, 0.15) is 23.3 Å². The van der Waals surface area contributed by atoms with Gasteiger partial charge in [-0.1, -0.05) is 23.2 Å². The third-order valence-electron chi connectivity index (χ3n) is 4.00. The number of hydrogen-bond acceptors (Lipinski definition) is 5. The first-order valence-electron chi connectivity index (χ1n) is 8.79. The number of carbonyl (C=O) groups excluding carboxylic acids is 2. The summed E-state index contributed by atoms with van der Waals surface area (Å²) in [6.45, 7) is 1.20. The average molecular weight is 493 g/mol. The molecule has 32 heavy (non-hydrogen) atoms. The van der Waals surface area contributed by atoms with Crippen molar-refractivity contribution in [2.75, 3.05) is 10.2 Å². The summed E-state index contributed by atoms with van der Waals surface area (Å²) in [5.74, 6) is -3.03. The normalized spacial score (nSPS) is 11.1. The van der Waals surface area contributed by atoms with Gasteiger partial charge >= 0.3 is 0 Å². The molecule has 0 bridgehead atoms. The minimum absolute atomic E-state index is 0.0766. The Labute approximate surface area is 195 Å². The summed E-state index contributed by atoms with van der Waals surface area (Å²) in [7, 11) is 0. The molecule has 11 heteroatoms. The molecular formula is C21H12Cl2F2N4O2S. The topological polar surface area (TPSA) is 86.1 Å². The van der Waals surface area contributed by atoms with Gasteiger partial charge in [0.25, 0.3) is 5.91 Å². The maximum atomic E-state index is 14.2. The number of anilines is 3. The highest BCUT2D eigenvalue weighted by atomic mass is 35.5. The molecule has 0 radical (unpaired) electrons. The molecule has 0 fully saturated rings. The number of nitriles is 1. The summed E-state index contributed by atoms with van der Waals surface area (Å²) in [6, 6.07) is 9.01. The lowest BCUT2D eigenvalue weighted by Crippen LogP contribution is -2.23. The maximum Gasteiger partial charge on any atom is 0.266 e. The second-order valence-electron chi connectivity index (χ2n) is 6.25. The fraction of sp³-hybridized carbons (Fsp3) is 0.0476. The molecule has 3 aromatic rings. The Balaban J connectivity index is 1.88. The van der Waals surface area contributed by atoms with E-state index in [9.17, 15) is 23.6 Å². The monoisotopic (exact) mass is 492 g/mol. The lowest BCUT2D eigenvalue weighted by atomic mass is 10.2. The molecular weight excluding hydrogens is 481 g/mol. The Morgan fingerprint density at radius 1 is 1.22 bits per heavy atom. The second kappa shape index (κ2) is 9.87. The molecule has 1 N–H and O–H groups in total. The van der Waals surface area contributed by atoms with Crippen LogP contribution in [0.1, 0.15) is 12.6 Å². The van der Waals surface area contributed by atoms with E-state index in [0.29, 0.717) is 11.1 Å². The number of thiazole rings is 1. The van der Waals surface area contributed by atoms with Crippen LogP contribution in [0, 0.1) is 23.0 Å². The zero-order valence-corrected chi connectivity index (χ0v) is 18.5. The standard InChI is InChI=1S/C21H12Cl2F2N4O2S/c1-11(30)29(19-5-3-14(24)8-17(19)25)21-27-15(10-32-21)6-12(9-26)20(31)28-18-4-2-13(22)7-16(18)23/h2-8,10H,1H3,(H,28,31)/b12-6+. The van der Waals surface area contributed by atoms with Gasteiger partial charge in [-0.3, -0.25) is 14.5 Å². The SMILES string of the molecule is CC(=O)N(c1nc(/C=C(\C#N)C(=O)Nc2ccc(Cl)cc2Cl)cs1)c1ccc(F)cc1F. The Morgan fingerprint density at radius 2 is 1.97 bits per heavy atom. The Bertz CT molecular complexity index is 1290. The number of hydrogen-bond donors (Lipinski definition) is 1. The molecule has 0 unspecified atom stereocenters. The quantitative estimate of drug-likeness (QED) is 0.351. The molecule has 0 saturated heterocycles. The Kier molecular flexibility index (Phi) is 7.20.